The zero-order chi connectivity index (χ0) is 21.8. The molecule has 0 saturated carbocycles. The van der Waals surface area contributed by atoms with E-state index in [1.807, 2.05) is 13.8 Å². The maximum Gasteiger partial charge on any atom is 0.410 e. The first kappa shape index (κ1) is 21.9. The Morgan fingerprint density at radius 2 is 2.07 bits per heavy atom. The molecule has 0 radical (unpaired) electrons. The second-order valence-corrected chi connectivity index (χ2v) is 7.94. The molecule has 1 fully saturated rings. The van der Waals surface area contributed by atoms with Crippen molar-refractivity contribution in [3.05, 3.63) is 40.1 Å². The Balaban J connectivity index is 1.66. The summed E-state index contributed by atoms with van der Waals surface area (Å²) in [7, 11) is 0. The molecule has 3 rings (SSSR count). The third-order valence-electron chi connectivity index (χ3n) is 4.13. The number of likely N-dealkylation sites (tertiary alicyclic amines) is 1. The van der Waals surface area contributed by atoms with Crippen LogP contribution in [-0.4, -0.2) is 52.7 Å². The summed E-state index contributed by atoms with van der Waals surface area (Å²) in [6, 6.07) is 4.39. The number of pyridine rings is 2. The maximum absolute atomic E-state index is 12.5. The third kappa shape index (κ3) is 5.43. The number of aromatic nitrogens is 2. The highest BCUT2D eigenvalue weighted by Gasteiger charge is 2.34. The van der Waals surface area contributed by atoms with Gasteiger partial charge in [-0.3, -0.25) is 4.79 Å². The van der Waals surface area contributed by atoms with Gasteiger partial charge in [-0.1, -0.05) is 37.0 Å². The molecule has 160 valence electrons. The van der Waals surface area contributed by atoms with Crippen molar-refractivity contribution in [1.82, 2.24) is 14.9 Å². The summed E-state index contributed by atoms with van der Waals surface area (Å²) in [6.07, 6.45) is 0.704. The van der Waals surface area contributed by atoms with E-state index in [1.165, 1.54) is 29.3 Å². The fourth-order valence-electron chi connectivity index (χ4n) is 2.55. The van der Waals surface area contributed by atoms with Gasteiger partial charge in [-0.25, -0.2) is 9.78 Å². The van der Waals surface area contributed by atoms with Gasteiger partial charge in [-0.15, -0.1) is 0 Å². The Labute approximate surface area is 183 Å². The molecule has 30 heavy (non-hydrogen) atoms. The number of nitrogens with one attached hydrogen (secondary N) is 1. The number of hydrogen-bond donors (Lipinski definition) is 2. The zero-order valence-electron chi connectivity index (χ0n) is 16.4. The predicted octanol–water partition coefficient (Wildman–Crippen LogP) is 3.47. The smallest absolute Gasteiger partial charge is 0.410 e. The first-order valence-electron chi connectivity index (χ1n) is 9.20. The van der Waals surface area contributed by atoms with Crippen LogP contribution < -0.4 is 15.8 Å². The highest BCUT2D eigenvalue weighted by Crippen LogP contribution is 2.32. The molecule has 0 unspecified atom stereocenters. The minimum absolute atomic E-state index is 0.0594. The average Bonchev–Trinajstić information content (AvgIpc) is 2.65. The number of halogens is 2. The molecule has 1 aliphatic rings. The molecule has 3 N–H and O–H groups in total. The van der Waals surface area contributed by atoms with Gasteiger partial charge in [0.25, 0.3) is 5.91 Å². The van der Waals surface area contributed by atoms with Crippen molar-refractivity contribution in [2.24, 2.45) is 5.92 Å². The van der Waals surface area contributed by atoms with Gasteiger partial charge in [-0.05, 0) is 24.1 Å². The van der Waals surface area contributed by atoms with Gasteiger partial charge in [-0.2, -0.15) is 4.98 Å². The fourth-order valence-corrected chi connectivity index (χ4v) is 2.88. The lowest BCUT2D eigenvalue weighted by Crippen LogP contribution is -2.56. The molecular formula is C19H21Cl2N5O4. The Morgan fingerprint density at radius 1 is 1.33 bits per heavy atom. The van der Waals surface area contributed by atoms with Crippen molar-refractivity contribution in [2.45, 2.75) is 20.0 Å². The van der Waals surface area contributed by atoms with Crippen LogP contribution in [0.5, 0.6) is 5.88 Å². The number of carbonyl (C=O) groups excluding carboxylic acids is 2. The van der Waals surface area contributed by atoms with Gasteiger partial charge in [0.05, 0.1) is 24.7 Å². The molecule has 3 heterocycles. The van der Waals surface area contributed by atoms with Crippen LogP contribution in [0.4, 0.5) is 16.3 Å². The summed E-state index contributed by atoms with van der Waals surface area (Å²) in [4.78, 5) is 34.0. The van der Waals surface area contributed by atoms with Crippen molar-refractivity contribution in [2.75, 3.05) is 30.7 Å². The van der Waals surface area contributed by atoms with Crippen molar-refractivity contribution in [3.63, 3.8) is 0 Å². The minimum atomic E-state index is -0.445. The van der Waals surface area contributed by atoms with Crippen molar-refractivity contribution < 1.29 is 19.1 Å². The molecule has 2 amide bonds. The number of nitrogen functional groups attached to an aromatic ring is 1. The lowest BCUT2D eigenvalue weighted by atomic mass is 10.2. The van der Waals surface area contributed by atoms with Gasteiger partial charge >= 0.3 is 6.09 Å². The second kappa shape index (κ2) is 9.36. The SMILES string of the molecule is CC(C)COC(=O)N1CC(Oc2nc(N)c(Cl)cc2NC(=O)c2ccnc(Cl)c2)C1. The Morgan fingerprint density at radius 3 is 2.73 bits per heavy atom. The first-order valence-corrected chi connectivity index (χ1v) is 9.95. The molecule has 0 atom stereocenters. The Bertz CT molecular complexity index is 951. The molecule has 0 spiro atoms. The summed E-state index contributed by atoms with van der Waals surface area (Å²) < 4.78 is 11.0. The van der Waals surface area contributed by atoms with Crippen LogP contribution in [0.1, 0.15) is 24.2 Å². The number of ether oxygens (including phenoxy) is 2. The number of amides is 2. The van der Waals surface area contributed by atoms with Crippen molar-refractivity contribution in [3.8, 4) is 5.88 Å². The van der Waals surface area contributed by atoms with Crippen LogP contribution in [0.3, 0.4) is 0 Å². The largest absolute Gasteiger partial charge is 0.469 e. The van der Waals surface area contributed by atoms with E-state index < -0.39 is 12.0 Å². The zero-order valence-corrected chi connectivity index (χ0v) is 17.9. The van der Waals surface area contributed by atoms with Gasteiger partial charge in [0, 0.05) is 11.8 Å². The molecule has 2 aromatic rings. The van der Waals surface area contributed by atoms with E-state index in [2.05, 4.69) is 15.3 Å². The van der Waals surface area contributed by atoms with Crippen LogP contribution in [0.2, 0.25) is 10.2 Å². The second-order valence-electron chi connectivity index (χ2n) is 7.15. The molecule has 0 aromatic carbocycles. The maximum atomic E-state index is 12.5. The highest BCUT2D eigenvalue weighted by molar-refractivity contribution is 6.33. The van der Waals surface area contributed by atoms with Gasteiger partial charge in [0.1, 0.15) is 22.8 Å². The van der Waals surface area contributed by atoms with Gasteiger partial charge in [0.2, 0.25) is 5.88 Å². The van der Waals surface area contributed by atoms with E-state index in [0.717, 1.165) is 0 Å². The number of nitrogens with two attached hydrogens (primary N) is 1. The van der Waals surface area contributed by atoms with Crippen LogP contribution in [0.25, 0.3) is 0 Å². The standard InChI is InChI=1S/C19H21Cl2N5O4/c1-10(2)9-29-19(28)26-7-12(8-26)30-18-14(6-13(20)16(22)25-18)24-17(27)11-3-4-23-15(21)5-11/h3-6,10,12H,7-9H2,1-2H3,(H2,22,25)(H,24,27). The normalized spacial score (nSPS) is 13.7. The van der Waals surface area contributed by atoms with Crippen molar-refractivity contribution in [1.29, 1.82) is 0 Å². The van der Waals surface area contributed by atoms with E-state index >= 15 is 0 Å². The summed E-state index contributed by atoms with van der Waals surface area (Å²) >= 11 is 11.9. The fraction of sp³-hybridized carbons (Fsp3) is 0.368. The van der Waals surface area contributed by atoms with Gasteiger partial charge in [0.15, 0.2) is 0 Å². The lowest BCUT2D eigenvalue weighted by Gasteiger charge is -2.38. The van der Waals surface area contributed by atoms with Crippen LogP contribution in [-0.2, 0) is 4.74 Å². The molecular weight excluding hydrogens is 433 g/mol. The van der Waals surface area contributed by atoms with Gasteiger partial charge < -0.3 is 25.4 Å². The summed E-state index contributed by atoms with van der Waals surface area (Å²) in [5.74, 6) is -0.0287. The molecule has 9 nitrogen and oxygen atoms in total. The summed E-state index contributed by atoms with van der Waals surface area (Å²) in [6.45, 7) is 4.93. The predicted molar refractivity (Wildman–Crippen MR) is 113 cm³/mol. The minimum Gasteiger partial charge on any atom is -0.469 e. The van der Waals surface area contributed by atoms with E-state index in [4.69, 9.17) is 38.4 Å². The third-order valence-corrected chi connectivity index (χ3v) is 4.64. The van der Waals surface area contributed by atoms with Crippen LogP contribution in [0, 0.1) is 5.92 Å². The molecule has 11 heteroatoms. The van der Waals surface area contributed by atoms with Crippen LogP contribution in [0.15, 0.2) is 24.4 Å². The molecule has 2 aromatic heterocycles. The van der Waals surface area contributed by atoms with E-state index in [-0.39, 0.29) is 39.6 Å². The Kier molecular flexibility index (Phi) is 6.84. The molecule has 1 aliphatic heterocycles. The molecule has 0 aliphatic carbocycles. The first-order chi connectivity index (χ1) is 14.2. The lowest BCUT2D eigenvalue weighted by molar-refractivity contribution is 0.00659. The van der Waals surface area contributed by atoms with Crippen molar-refractivity contribution >= 4 is 46.7 Å². The summed E-state index contributed by atoms with van der Waals surface area (Å²) in [5.41, 5.74) is 6.33. The van der Waals surface area contributed by atoms with E-state index in [9.17, 15) is 9.59 Å². The number of carbonyl (C=O) groups is 2. The number of nitrogens with zero attached hydrogens (tertiary/aromatic N) is 3. The van der Waals surface area contributed by atoms with E-state index in [0.29, 0.717) is 25.3 Å². The molecule has 0 bridgehead atoms. The quantitative estimate of drug-likeness (QED) is 0.642. The van der Waals surface area contributed by atoms with E-state index in [1.54, 1.807) is 0 Å². The number of rotatable bonds is 6. The number of anilines is 2. The topological polar surface area (TPSA) is 120 Å². The van der Waals surface area contributed by atoms with Crippen LogP contribution >= 0.6 is 23.2 Å². The molecule has 1 saturated heterocycles. The monoisotopic (exact) mass is 453 g/mol. The summed E-state index contributed by atoms with van der Waals surface area (Å²) in [5, 5.41) is 3.04. The highest BCUT2D eigenvalue weighted by atomic mass is 35.5. The number of hydrogen-bond acceptors (Lipinski definition) is 7. The Hall–Kier alpha value is -2.78. The average molecular weight is 454 g/mol.